The molecule has 0 radical (unpaired) electrons. The number of nitriles is 1. The number of carbonyl (C=O) groups is 2. The van der Waals surface area contributed by atoms with Crippen molar-refractivity contribution in [2.75, 3.05) is 11.9 Å². The van der Waals surface area contributed by atoms with Crippen LogP contribution in [-0.4, -0.2) is 28.3 Å². The van der Waals surface area contributed by atoms with Gasteiger partial charge in [0.2, 0.25) is 5.88 Å². The third-order valence-electron chi connectivity index (χ3n) is 5.07. The third-order valence-corrected chi connectivity index (χ3v) is 6.20. The van der Waals surface area contributed by atoms with E-state index in [0.29, 0.717) is 22.7 Å². The van der Waals surface area contributed by atoms with Gasteiger partial charge in [0.1, 0.15) is 27.1 Å². The summed E-state index contributed by atoms with van der Waals surface area (Å²) < 4.78 is 12.4. The number of aryl methyl sites for hydroxylation is 2. The maximum Gasteiger partial charge on any atom is 0.348 e. The van der Waals surface area contributed by atoms with Crippen LogP contribution in [0.1, 0.15) is 37.8 Å². The highest BCUT2D eigenvalue weighted by molar-refractivity contribution is 7.20. The summed E-state index contributed by atoms with van der Waals surface area (Å²) in [6.07, 6.45) is 0. The topological polar surface area (TPSA) is 110 Å². The van der Waals surface area contributed by atoms with Gasteiger partial charge in [0.25, 0.3) is 5.91 Å². The Morgan fingerprint density at radius 2 is 2.00 bits per heavy atom. The van der Waals surface area contributed by atoms with Gasteiger partial charge in [0, 0.05) is 10.9 Å². The molecule has 0 aliphatic rings. The van der Waals surface area contributed by atoms with E-state index in [-0.39, 0.29) is 11.4 Å². The molecule has 0 bridgehead atoms. The summed E-state index contributed by atoms with van der Waals surface area (Å²) in [5, 5.41) is 17.2. The first-order chi connectivity index (χ1) is 15.4. The van der Waals surface area contributed by atoms with Gasteiger partial charge in [-0.15, -0.1) is 11.3 Å². The van der Waals surface area contributed by atoms with Gasteiger partial charge in [0.15, 0.2) is 6.61 Å². The van der Waals surface area contributed by atoms with Crippen molar-refractivity contribution in [2.45, 2.75) is 27.3 Å². The van der Waals surface area contributed by atoms with Gasteiger partial charge in [-0.1, -0.05) is 30.3 Å². The monoisotopic (exact) mass is 448 g/mol. The van der Waals surface area contributed by atoms with Crippen LogP contribution >= 0.6 is 11.3 Å². The summed E-state index contributed by atoms with van der Waals surface area (Å²) in [6, 6.07) is 13.7. The molecule has 1 amide bonds. The Kier molecular flexibility index (Phi) is 5.79. The van der Waals surface area contributed by atoms with Crippen molar-refractivity contribution in [1.82, 2.24) is 9.78 Å². The van der Waals surface area contributed by atoms with E-state index >= 15 is 0 Å². The molecule has 3 aromatic heterocycles. The predicted octanol–water partition coefficient (Wildman–Crippen LogP) is 4.33. The lowest BCUT2D eigenvalue weighted by atomic mass is 10.2. The van der Waals surface area contributed by atoms with Gasteiger partial charge < -0.3 is 9.15 Å². The molecule has 0 unspecified atom stereocenters. The molecule has 32 heavy (non-hydrogen) atoms. The molecule has 4 aromatic rings. The van der Waals surface area contributed by atoms with Crippen LogP contribution in [0.5, 0.6) is 0 Å². The number of hydrogen-bond acceptors (Lipinski definition) is 7. The first-order valence-electron chi connectivity index (χ1n) is 9.85. The average Bonchev–Trinajstić information content (AvgIpc) is 3.42. The van der Waals surface area contributed by atoms with Crippen LogP contribution in [0.25, 0.3) is 10.2 Å². The highest BCUT2D eigenvalue weighted by atomic mass is 32.1. The Hall–Kier alpha value is -3.90. The fraction of sp³-hybridized carbons (Fsp3) is 0.217. The Labute approximate surface area is 188 Å². The Morgan fingerprint density at radius 1 is 1.25 bits per heavy atom. The summed E-state index contributed by atoms with van der Waals surface area (Å²) >= 11 is 1.27. The lowest BCUT2D eigenvalue weighted by Gasteiger charge is -2.04. The zero-order chi connectivity index (χ0) is 22.8. The average molecular weight is 449 g/mol. The number of aromatic nitrogens is 2. The molecule has 9 heteroatoms. The van der Waals surface area contributed by atoms with Crippen molar-refractivity contribution in [1.29, 1.82) is 5.26 Å². The summed E-state index contributed by atoms with van der Waals surface area (Å²) in [5.74, 6) is -0.587. The summed E-state index contributed by atoms with van der Waals surface area (Å²) in [5.41, 5.74) is 2.83. The summed E-state index contributed by atoms with van der Waals surface area (Å²) in [7, 11) is 0. The van der Waals surface area contributed by atoms with E-state index in [1.807, 2.05) is 48.0 Å². The van der Waals surface area contributed by atoms with E-state index < -0.39 is 18.5 Å². The van der Waals surface area contributed by atoms with Gasteiger partial charge in [-0.2, -0.15) is 10.4 Å². The fourth-order valence-corrected chi connectivity index (χ4v) is 4.35. The minimum absolute atomic E-state index is 0.0574. The molecule has 4 rings (SSSR count). The zero-order valence-corrected chi connectivity index (χ0v) is 18.6. The Morgan fingerprint density at radius 3 is 2.72 bits per heavy atom. The van der Waals surface area contributed by atoms with Crippen molar-refractivity contribution in [3.05, 3.63) is 69.4 Å². The lowest BCUT2D eigenvalue weighted by molar-refractivity contribution is -0.119. The van der Waals surface area contributed by atoms with Crippen LogP contribution in [-0.2, 0) is 16.1 Å². The van der Waals surface area contributed by atoms with Crippen LogP contribution in [0.15, 0.2) is 40.8 Å². The minimum atomic E-state index is -0.598. The molecular weight excluding hydrogens is 428 g/mol. The molecule has 1 N–H and O–H groups in total. The first-order valence-corrected chi connectivity index (χ1v) is 10.7. The van der Waals surface area contributed by atoms with E-state index in [9.17, 15) is 14.9 Å². The van der Waals surface area contributed by atoms with Crippen LogP contribution in [0.2, 0.25) is 0 Å². The number of hydrogen-bond donors (Lipinski definition) is 1. The Balaban J connectivity index is 1.44. The van der Waals surface area contributed by atoms with Gasteiger partial charge in [-0.05, 0) is 32.4 Å². The van der Waals surface area contributed by atoms with E-state index in [1.165, 1.54) is 11.3 Å². The molecule has 3 heterocycles. The molecule has 0 saturated heterocycles. The second-order valence-corrected chi connectivity index (χ2v) is 8.31. The van der Waals surface area contributed by atoms with Crippen molar-refractivity contribution >= 4 is 39.3 Å². The van der Waals surface area contributed by atoms with Crippen molar-refractivity contribution in [3.8, 4) is 6.07 Å². The van der Waals surface area contributed by atoms with Gasteiger partial charge in [-0.3, -0.25) is 14.8 Å². The van der Waals surface area contributed by atoms with E-state index in [0.717, 1.165) is 21.5 Å². The molecule has 0 fully saturated rings. The lowest BCUT2D eigenvalue weighted by Crippen LogP contribution is -2.20. The first kappa shape index (κ1) is 21.3. The molecule has 0 aliphatic carbocycles. The third kappa shape index (κ3) is 4.13. The molecule has 1 aromatic carbocycles. The molecule has 0 saturated carbocycles. The number of fused-ring (bicyclic) bond motifs is 1. The number of ether oxygens (including phenoxy) is 1. The normalized spacial score (nSPS) is 10.8. The number of benzene rings is 1. The molecule has 0 aliphatic heterocycles. The highest BCUT2D eigenvalue weighted by Gasteiger charge is 2.20. The molecular formula is C23H20N4O4S. The predicted molar refractivity (Wildman–Crippen MR) is 120 cm³/mol. The van der Waals surface area contributed by atoms with Gasteiger partial charge >= 0.3 is 5.97 Å². The highest BCUT2D eigenvalue weighted by Crippen LogP contribution is 2.29. The van der Waals surface area contributed by atoms with Crippen molar-refractivity contribution in [3.63, 3.8) is 0 Å². The molecule has 162 valence electrons. The number of thiophene rings is 1. The van der Waals surface area contributed by atoms with Gasteiger partial charge in [0.05, 0.1) is 12.2 Å². The zero-order valence-electron chi connectivity index (χ0n) is 17.8. The smallest absolute Gasteiger partial charge is 0.348 e. The maximum atomic E-state index is 12.5. The number of nitrogens with one attached hydrogen (secondary N) is 1. The second-order valence-electron chi connectivity index (χ2n) is 7.28. The minimum Gasteiger partial charge on any atom is -0.451 e. The largest absolute Gasteiger partial charge is 0.451 e. The molecule has 0 spiro atoms. The number of rotatable bonds is 6. The standard InChI is InChI=1S/C23H20N4O4S/c1-13-15(3)31-21(18(13)10-24)25-20(28)12-30-23(29)19-9-17-14(2)26-27(22(17)32-19)11-16-7-5-4-6-8-16/h4-9H,11-12H2,1-3H3,(H,25,28). The Bertz CT molecular complexity index is 1360. The molecule has 0 atom stereocenters. The van der Waals surface area contributed by atoms with Crippen LogP contribution in [0.3, 0.4) is 0 Å². The summed E-state index contributed by atoms with van der Waals surface area (Å²) in [4.78, 5) is 26.0. The van der Waals surface area contributed by atoms with E-state index in [4.69, 9.17) is 9.15 Å². The number of esters is 1. The number of amides is 1. The number of furan rings is 1. The van der Waals surface area contributed by atoms with Crippen LogP contribution < -0.4 is 5.32 Å². The SMILES string of the molecule is Cc1oc(NC(=O)COC(=O)c2cc3c(C)nn(Cc4ccccc4)c3s2)c(C#N)c1C. The number of anilines is 1. The maximum absolute atomic E-state index is 12.5. The van der Waals surface area contributed by atoms with Crippen LogP contribution in [0.4, 0.5) is 5.88 Å². The van der Waals surface area contributed by atoms with E-state index in [1.54, 1.807) is 19.9 Å². The number of carbonyl (C=O) groups excluding carboxylic acids is 2. The van der Waals surface area contributed by atoms with Gasteiger partial charge in [-0.25, -0.2) is 4.79 Å². The van der Waals surface area contributed by atoms with Crippen molar-refractivity contribution < 1.29 is 18.7 Å². The number of nitrogens with zero attached hydrogens (tertiary/aromatic N) is 3. The summed E-state index contributed by atoms with van der Waals surface area (Å²) in [6.45, 7) is 5.42. The van der Waals surface area contributed by atoms with E-state index in [2.05, 4.69) is 10.4 Å². The second kappa shape index (κ2) is 8.69. The fourth-order valence-electron chi connectivity index (χ4n) is 3.29. The quantitative estimate of drug-likeness (QED) is 0.440. The molecule has 8 nitrogen and oxygen atoms in total. The van der Waals surface area contributed by atoms with Crippen LogP contribution in [0, 0.1) is 32.1 Å². The van der Waals surface area contributed by atoms with Crippen molar-refractivity contribution in [2.24, 2.45) is 0 Å².